The molecule has 2 atom stereocenters. The van der Waals surface area contributed by atoms with E-state index in [1.54, 1.807) is 24.3 Å². The molecule has 112 valence electrons. The van der Waals surface area contributed by atoms with Crippen molar-refractivity contribution in [1.82, 2.24) is 4.72 Å². The van der Waals surface area contributed by atoms with Crippen LogP contribution in [0.25, 0.3) is 0 Å². The molecule has 0 aliphatic heterocycles. The maximum absolute atomic E-state index is 12.2. The summed E-state index contributed by atoms with van der Waals surface area (Å²) in [6, 6.07) is 6.85. The van der Waals surface area contributed by atoms with Crippen molar-refractivity contribution in [1.29, 1.82) is 0 Å². The molecule has 1 aromatic carbocycles. The van der Waals surface area contributed by atoms with E-state index in [0.717, 1.165) is 31.2 Å². The van der Waals surface area contributed by atoms with Crippen molar-refractivity contribution in [3.05, 3.63) is 29.8 Å². The average Bonchev–Trinajstić information content (AvgIpc) is 2.46. The predicted octanol–water partition coefficient (Wildman–Crippen LogP) is 2.07. The summed E-state index contributed by atoms with van der Waals surface area (Å²) in [6.07, 6.45) is 4.23. The molecule has 20 heavy (non-hydrogen) atoms. The molecule has 0 spiro atoms. The van der Waals surface area contributed by atoms with E-state index in [1.165, 1.54) is 0 Å². The summed E-state index contributed by atoms with van der Waals surface area (Å²) in [5, 5.41) is 9.36. The zero-order valence-electron chi connectivity index (χ0n) is 11.9. The predicted molar refractivity (Wildman–Crippen MR) is 78.9 cm³/mol. The van der Waals surface area contributed by atoms with Gasteiger partial charge in [0.25, 0.3) is 0 Å². The van der Waals surface area contributed by atoms with E-state index in [1.807, 2.05) is 6.92 Å². The van der Waals surface area contributed by atoms with Crippen LogP contribution in [0.3, 0.4) is 0 Å². The standard InChI is InChI=1S/C15H23NO3S/c1-12-6-8-15(9-7-12)20(18,19)16-10-13-4-2-3-5-14(13)11-17/h6-9,13-14,16-17H,2-5,10-11H2,1H3. The van der Waals surface area contributed by atoms with Gasteiger partial charge in [-0.1, -0.05) is 30.5 Å². The molecule has 1 aliphatic carbocycles. The lowest BCUT2D eigenvalue weighted by atomic mass is 9.80. The van der Waals surface area contributed by atoms with Crippen LogP contribution < -0.4 is 4.72 Å². The zero-order chi connectivity index (χ0) is 14.6. The summed E-state index contributed by atoms with van der Waals surface area (Å²) in [7, 11) is -3.44. The van der Waals surface area contributed by atoms with Crippen LogP contribution >= 0.6 is 0 Å². The second kappa shape index (κ2) is 6.70. The smallest absolute Gasteiger partial charge is 0.240 e. The molecule has 1 aromatic rings. The molecule has 5 heteroatoms. The van der Waals surface area contributed by atoms with Crippen LogP contribution in [0.5, 0.6) is 0 Å². The maximum Gasteiger partial charge on any atom is 0.240 e. The third-order valence-corrected chi connectivity index (χ3v) is 5.61. The Kier molecular flexibility index (Phi) is 5.18. The Morgan fingerprint density at radius 1 is 1.15 bits per heavy atom. The fraction of sp³-hybridized carbons (Fsp3) is 0.600. The number of hydrogen-bond acceptors (Lipinski definition) is 3. The summed E-state index contributed by atoms with van der Waals surface area (Å²) in [5.74, 6) is 0.471. The highest BCUT2D eigenvalue weighted by Crippen LogP contribution is 2.29. The molecule has 0 saturated heterocycles. The van der Waals surface area contributed by atoms with E-state index in [9.17, 15) is 13.5 Å². The van der Waals surface area contributed by atoms with E-state index < -0.39 is 10.0 Å². The fourth-order valence-corrected chi connectivity index (χ4v) is 3.91. The van der Waals surface area contributed by atoms with E-state index in [2.05, 4.69) is 4.72 Å². The van der Waals surface area contributed by atoms with Crippen LogP contribution in [0, 0.1) is 18.8 Å². The largest absolute Gasteiger partial charge is 0.396 e. The fourth-order valence-electron chi connectivity index (χ4n) is 2.81. The Bertz CT molecular complexity index is 525. The summed E-state index contributed by atoms with van der Waals surface area (Å²) in [6.45, 7) is 2.50. The lowest BCUT2D eigenvalue weighted by Crippen LogP contribution is -2.35. The van der Waals surface area contributed by atoms with Crippen LogP contribution in [0.1, 0.15) is 31.2 Å². The van der Waals surface area contributed by atoms with Gasteiger partial charge in [0.05, 0.1) is 4.90 Å². The Morgan fingerprint density at radius 3 is 2.35 bits per heavy atom. The highest BCUT2D eigenvalue weighted by Gasteiger charge is 2.26. The van der Waals surface area contributed by atoms with Crippen molar-refractivity contribution < 1.29 is 13.5 Å². The molecule has 2 unspecified atom stereocenters. The maximum atomic E-state index is 12.2. The van der Waals surface area contributed by atoms with Gasteiger partial charge in [-0.05, 0) is 43.7 Å². The molecular weight excluding hydrogens is 274 g/mol. The molecule has 1 saturated carbocycles. The summed E-state index contributed by atoms with van der Waals surface area (Å²) in [5.41, 5.74) is 1.04. The molecular formula is C15H23NO3S. The zero-order valence-corrected chi connectivity index (χ0v) is 12.7. The summed E-state index contributed by atoms with van der Waals surface area (Å²) >= 11 is 0. The van der Waals surface area contributed by atoms with Crippen LogP contribution in [0.15, 0.2) is 29.2 Å². The SMILES string of the molecule is Cc1ccc(S(=O)(=O)NCC2CCCCC2CO)cc1. The molecule has 1 fully saturated rings. The Hall–Kier alpha value is -0.910. The van der Waals surface area contributed by atoms with E-state index in [-0.39, 0.29) is 18.4 Å². The number of sulfonamides is 1. The number of rotatable bonds is 5. The molecule has 1 aliphatic rings. The van der Waals surface area contributed by atoms with E-state index in [4.69, 9.17) is 0 Å². The van der Waals surface area contributed by atoms with Gasteiger partial charge in [-0.2, -0.15) is 0 Å². The molecule has 4 nitrogen and oxygen atoms in total. The Labute approximate surface area is 121 Å². The van der Waals surface area contributed by atoms with E-state index in [0.29, 0.717) is 11.4 Å². The molecule has 2 N–H and O–H groups in total. The van der Waals surface area contributed by atoms with Crippen molar-refractivity contribution in [2.45, 2.75) is 37.5 Å². The van der Waals surface area contributed by atoms with Gasteiger partial charge in [0.1, 0.15) is 0 Å². The van der Waals surface area contributed by atoms with Crippen molar-refractivity contribution >= 4 is 10.0 Å². The Balaban J connectivity index is 1.99. The monoisotopic (exact) mass is 297 g/mol. The first kappa shape index (κ1) is 15.5. The van der Waals surface area contributed by atoms with Gasteiger partial charge >= 0.3 is 0 Å². The topological polar surface area (TPSA) is 66.4 Å². The quantitative estimate of drug-likeness (QED) is 0.874. The second-order valence-corrected chi connectivity index (χ2v) is 7.42. The molecule has 0 heterocycles. The Morgan fingerprint density at radius 2 is 1.75 bits per heavy atom. The van der Waals surface area contributed by atoms with Gasteiger partial charge in [0, 0.05) is 13.2 Å². The first-order chi connectivity index (χ1) is 9.53. The van der Waals surface area contributed by atoms with Gasteiger partial charge in [0.2, 0.25) is 10.0 Å². The van der Waals surface area contributed by atoms with Crippen LogP contribution in [-0.2, 0) is 10.0 Å². The number of nitrogens with one attached hydrogen (secondary N) is 1. The van der Waals surface area contributed by atoms with Gasteiger partial charge < -0.3 is 5.11 Å². The molecule has 0 bridgehead atoms. The van der Waals surface area contributed by atoms with Gasteiger partial charge in [0.15, 0.2) is 0 Å². The van der Waals surface area contributed by atoms with Crippen molar-refractivity contribution in [3.8, 4) is 0 Å². The van der Waals surface area contributed by atoms with Crippen LogP contribution in [-0.4, -0.2) is 26.7 Å². The minimum Gasteiger partial charge on any atom is -0.396 e. The minimum absolute atomic E-state index is 0.150. The highest BCUT2D eigenvalue weighted by molar-refractivity contribution is 7.89. The van der Waals surface area contributed by atoms with Gasteiger partial charge in [-0.3, -0.25) is 0 Å². The highest BCUT2D eigenvalue weighted by atomic mass is 32.2. The van der Waals surface area contributed by atoms with Gasteiger partial charge in [-0.25, -0.2) is 13.1 Å². The number of hydrogen-bond donors (Lipinski definition) is 2. The summed E-state index contributed by atoms with van der Waals surface area (Å²) in [4.78, 5) is 0.305. The minimum atomic E-state index is -3.44. The average molecular weight is 297 g/mol. The third-order valence-electron chi connectivity index (χ3n) is 4.17. The number of benzene rings is 1. The molecule has 0 aromatic heterocycles. The second-order valence-electron chi connectivity index (χ2n) is 5.65. The van der Waals surface area contributed by atoms with Crippen molar-refractivity contribution in [2.75, 3.05) is 13.2 Å². The van der Waals surface area contributed by atoms with Crippen LogP contribution in [0.2, 0.25) is 0 Å². The third kappa shape index (κ3) is 3.81. The molecule has 0 radical (unpaired) electrons. The van der Waals surface area contributed by atoms with Crippen molar-refractivity contribution in [3.63, 3.8) is 0 Å². The summed E-state index contributed by atoms with van der Waals surface area (Å²) < 4.78 is 27.1. The molecule has 0 amide bonds. The van der Waals surface area contributed by atoms with Crippen LogP contribution in [0.4, 0.5) is 0 Å². The number of aliphatic hydroxyl groups is 1. The first-order valence-electron chi connectivity index (χ1n) is 7.20. The van der Waals surface area contributed by atoms with E-state index >= 15 is 0 Å². The number of aryl methyl sites for hydroxylation is 1. The van der Waals surface area contributed by atoms with Gasteiger partial charge in [-0.15, -0.1) is 0 Å². The first-order valence-corrected chi connectivity index (χ1v) is 8.68. The lowest BCUT2D eigenvalue weighted by Gasteiger charge is -2.30. The normalized spacial score (nSPS) is 23.7. The molecule has 2 rings (SSSR count). The number of aliphatic hydroxyl groups excluding tert-OH is 1. The lowest BCUT2D eigenvalue weighted by molar-refractivity contribution is 0.136. The van der Waals surface area contributed by atoms with Crippen molar-refractivity contribution in [2.24, 2.45) is 11.8 Å².